The lowest BCUT2D eigenvalue weighted by atomic mass is 9.66. The van der Waals surface area contributed by atoms with Gasteiger partial charge >= 0.3 is 12.2 Å². The van der Waals surface area contributed by atoms with E-state index in [1.165, 1.54) is 22.0 Å². The monoisotopic (exact) mass is 523 g/mol. The first-order valence-electron chi connectivity index (χ1n) is 12.4. The van der Waals surface area contributed by atoms with Gasteiger partial charge < -0.3 is 24.1 Å². The Labute approximate surface area is 215 Å². The predicted octanol–water partition coefficient (Wildman–Crippen LogP) is 2.35. The lowest BCUT2D eigenvalue weighted by Gasteiger charge is -2.47. The van der Waals surface area contributed by atoms with Crippen molar-refractivity contribution in [1.82, 2.24) is 15.1 Å². The van der Waals surface area contributed by atoms with Gasteiger partial charge in [-0.2, -0.15) is 0 Å². The third-order valence-electron chi connectivity index (χ3n) is 6.53. The summed E-state index contributed by atoms with van der Waals surface area (Å²) >= 11 is 0. The van der Waals surface area contributed by atoms with Crippen LogP contribution in [0.2, 0.25) is 13.1 Å². The van der Waals surface area contributed by atoms with Gasteiger partial charge in [-0.25, -0.2) is 9.59 Å². The SMILES string of the molecule is C=CCOC(=O)N1CCN(C(=O)OCC=C)C(C(=O)C[C@H]2NC(=O)[C@H]2[C@@H](CO[SiH](C)C)C(C)(C)C)C1. The largest absolute Gasteiger partial charge is 0.445 e. The van der Waals surface area contributed by atoms with Crippen molar-refractivity contribution < 1.29 is 33.1 Å². The number of hydrogen-bond donors (Lipinski definition) is 1. The number of nitrogens with one attached hydrogen (secondary N) is 1. The molecule has 2 aliphatic heterocycles. The minimum atomic E-state index is -1.29. The van der Waals surface area contributed by atoms with Crippen LogP contribution in [-0.2, 0) is 23.5 Å². The maximum Gasteiger partial charge on any atom is 0.410 e. The van der Waals surface area contributed by atoms with E-state index in [0.717, 1.165) is 0 Å². The molecule has 0 aromatic carbocycles. The van der Waals surface area contributed by atoms with Crippen LogP contribution in [-0.4, -0.2) is 94.3 Å². The topological polar surface area (TPSA) is 114 Å². The van der Waals surface area contributed by atoms with E-state index in [2.05, 4.69) is 52.3 Å². The molecular weight excluding hydrogens is 482 g/mol. The molecule has 0 aliphatic carbocycles. The molecule has 36 heavy (non-hydrogen) atoms. The highest BCUT2D eigenvalue weighted by atomic mass is 28.3. The van der Waals surface area contributed by atoms with Gasteiger partial charge in [0.1, 0.15) is 19.3 Å². The van der Waals surface area contributed by atoms with Crippen LogP contribution in [0.1, 0.15) is 27.2 Å². The second-order valence-electron chi connectivity index (χ2n) is 10.6. The Morgan fingerprint density at radius 3 is 2.25 bits per heavy atom. The van der Waals surface area contributed by atoms with Crippen molar-refractivity contribution in [2.75, 3.05) is 39.5 Å². The number of ether oxygens (including phenoxy) is 2. The molecule has 0 spiro atoms. The molecule has 0 bridgehead atoms. The minimum Gasteiger partial charge on any atom is -0.445 e. The van der Waals surface area contributed by atoms with Crippen LogP contribution in [0.4, 0.5) is 9.59 Å². The smallest absolute Gasteiger partial charge is 0.410 e. The van der Waals surface area contributed by atoms with Gasteiger partial charge in [-0.3, -0.25) is 14.5 Å². The van der Waals surface area contributed by atoms with Crippen LogP contribution < -0.4 is 5.32 Å². The van der Waals surface area contributed by atoms with Crippen LogP contribution in [0.3, 0.4) is 0 Å². The summed E-state index contributed by atoms with van der Waals surface area (Å²) < 4.78 is 16.3. The summed E-state index contributed by atoms with van der Waals surface area (Å²) in [5.74, 6) is -0.791. The third-order valence-corrected chi connectivity index (χ3v) is 7.39. The molecule has 202 valence electrons. The minimum absolute atomic E-state index is 0.00845. The zero-order valence-electron chi connectivity index (χ0n) is 22.2. The van der Waals surface area contributed by atoms with E-state index in [4.69, 9.17) is 13.9 Å². The van der Waals surface area contributed by atoms with Crippen LogP contribution in [0.15, 0.2) is 25.3 Å². The second-order valence-corrected chi connectivity index (χ2v) is 13.0. The molecule has 2 aliphatic rings. The summed E-state index contributed by atoms with van der Waals surface area (Å²) in [6.45, 7) is 18.3. The molecule has 0 aromatic rings. The fourth-order valence-electron chi connectivity index (χ4n) is 4.52. The molecule has 2 rings (SSSR count). The molecule has 0 aromatic heterocycles. The fourth-order valence-corrected chi connectivity index (χ4v) is 5.11. The second kappa shape index (κ2) is 13.0. The Morgan fingerprint density at radius 1 is 1.11 bits per heavy atom. The molecular formula is C25H41N3O7Si. The molecule has 2 saturated heterocycles. The molecule has 3 amide bonds. The summed E-state index contributed by atoms with van der Waals surface area (Å²) in [5, 5.41) is 2.88. The first-order chi connectivity index (χ1) is 16.9. The van der Waals surface area contributed by atoms with Gasteiger partial charge in [-0.05, 0) is 24.4 Å². The van der Waals surface area contributed by atoms with Crippen molar-refractivity contribution in [1.29, 1.82) is 0 Å². The summed E-state index contributed by atoms with van der Waals surface area (Å²) in [6.07, 6.45) is 1.71. The van der Waals surface area contributed by atoms with Gasteiger partial charge in [0.2, 0.25) is 5.91 Å². The van der Waals surface area contributed by atoms with Gasteiger partial charge in [0.15, 0.2) is 14.8 Å². The van der Waals surface area contributed by atoms with E-state index in [-0.39, 0.29) is 74.3 Å². The average Bonchev–Trinajstić information content (AvgIpc) is 2.81. The number of amides is 3. The first kappa shape index (κ1) is 29.6. The summed E-state index contributed by atoms with van der Waals surface area (Å²) in [4.78, 5) is 54.0. The van der Waals surface area contributed by atoms with Gasteiger partial charge in [-0.1, -0.05) is 46.1 Å². The van der Waals surface area contributed by atoms with Crippen molar-refractivity contribution in [3.05, 3.63) is 25.3 Å². The van der Waals surface area contributed by atoms with Crippen molar-refractivity contribution in [3.8, 4) is 0 Å². The average molecular weight is 524 g/mol. The van der Waals surface area contributed by atoms with Crippen LogP contribution in [0, 0.1) is 17.3 Å². The summed E-state index contributed by atoms with van der Waals surface area (Å²) in [5.41, 5.74) is -0.204. The molecule has 1 N–H and O–H groups in total. The van der Waals surface area contributed by atoms with Crippen molar-refractivity contribution in [3.63, 3.8) is 0 Å². The highest BCUT2D eigenvalue weighted by Crippen LogP contribution is 2.39. The van der Waals surface area contributed by atoms with Crippen LogP contribution >= 0.6 is 0 Å². The zero-order chi connectivity index (χ0) is 27.0. The molecule has 0 radical (unpaired) electrons. The Kier molecular flexibility index (Phi) is 10.7. The quantitative estimate of drug-likeness (QED) is 0.251. The number of rotatable bonds is 11. The Hall–Kier alpha value is -2.66. The van der Waals surface area contributed by atoms with Crippen molar-refractivity contribution in [2.45, 2.75) is 52.4 Å². The van der Waals surface area contributed by atoms with Crippen molar-refractivity contribution in [2.24, 2.45) is 17.3 Å². The third kappa shape index (κ3) is 7.67. The maximum absolute atomic E-state index is 13.5. The highest BCUT2D eigenvalue weighted by molar-refractivity contribution is 6.48. The number of carbonyl (C=O) groups excluding carboxylic acids is 4. The lowest BCUT2D eigenvalue weighted by molar-refractivity contribution is -0.144. The van der Waals surface area contributed by atoms with E-state index >= 15 is 0 Å². The molecule has 0 saturated carbocycles. The Morgan fingerprint density at radius 2 is 1.72 bits per heavy atom. The van der Waals surface area contributed by atoms with E-state index < -0.39 is 27.3 Å². The summed E-state index contributed by atoms with van der Waals surface area (Å²) in [6, 6.07) is -1.29. The first-order valence-corrected chi connectivity index (χ1v) is 15.2. The summed E-state index contributed by atoms with van der Waals surface area (Å²) in [7, 11) is -1.29. The highest BCUT2D eigenvalue weighted by Gasteiger charge is 2.50. The van der Waals surface area contributed by atoms with Gasteiger partial charge in [0.05, 0.1) is 12.5 Å². The zero-order valence-corrected chi connectivity index (χ0v) is 23.3. The van der Waals surface area contributed by atoms with E-state index in [9.17, 15) is 19.2 Å². The standard InChI is InChI=1S/C25H41N3O7Si/c1-8-12-33-23(31)27-10-11-28(24(32)34-13-9-2)19(15-27)20(29)14-18-21(22(30)26-18)17(25(3,4)5)16-35-36(6)7/h8-9,17-19,21,36H,1-2,10-16H2,3-7H3,(H,26,30)/t17-,18-,19?,21+/m1/s1. The number of piperazine rings is 1. The Bertz CT molecular complexity index is 842. The number of Topliss-reactive ketones (excluding diaryl/α,β-unsaturated/α-hetero) is 1. The van der Waals surface area contributed by atoms with Crippen molar-refractivity contribution >= 4 is 32.9 Å². The van der Waals surface area contributed by atoms with Gasteiger partial charge in [0.25, 0.3) is 0 Å². The number of carbonyl (C=O) groups is 4. The van der Waals surface area contributed by atoms with E-state index in [0.29, 0.717) is 6.61 Å². The molecule has 2 fully saturated rings. The molecule has 10 nitrogen and oxygen atoms in total. The number of nitrogens with zero attached hydrogens (tertiary/aromatic N) is 2. The normalized spacial score (nSPS) is 22.8. The van der Waals surface area contributed by atoms with E-state index in [1.54, 1.807) is 0 Å². The number of ketones is 1. The number of hydrogen-bond acceptors (Lipinski definition) is 7. The molecule has 11 heteroatoms. The molecule has 1 unspecified atom stereocenters. The maximum atomic E-state index is 13.5. The predicted molar refractivity (Wildman–Crippen MR) is 138 cm³/mol. The van der Waals surface area contributed by atoms with Gasteiger partial charge in [-0.15, -0.1) is 0 Å². The van der Waals surface area contributed by atoms with Crippen LogP contribution in [0.25, 0.3) is 0 Å². The fraction of sp³-hybridized carbons (Fsp3) is 0.680. The molecule has 4 atom stereocenters. The molecule has 2 heterocycles. The number of β-lactam (4-membered cyclic amide) rings is 1. The lowest BCUT2D eigenvalue weighted by Crippen LogP contribution is -2.65. The Balaban J connectivity index is 2.19. The van der Waals surface area contributed by atoms with Crippen LogP contribution in [0.5, 0.6) is 0 Å². The van der Waals surface area contributed by atoms with Gasteiger partial charge in [0, 0.05) is 32.2 Å². The van der Waals surface area contributed by atoms with E-state index in [1.807, 2.05) is 0 Å².